The lowest BCUT2D eigenvalue weighted by molar-refractivity contribution is -0.140. The standard InChI is InChI=1S/C17H20N2O5S/c1-10-3-5-12(9-18-10)25(22,23)19-16(2)7-11-4-6-14-17(11,21)13(8-16)15(20)24-14/h3,5,8-9,11,14,19,21H,4,6-7H2,1-2H3/t11-,14-,16-,17+/m1/s1. The number of rotatable bonds is 3. The molecule has 3 aliphatic rings. The highest BCUT2D eigenvalue weighted by molar-refractivity contribution is 7.89. The zero-order chi connectivity index (χ0) is 18.0. The number of hydrogen-bond donors (Lipinski definition) is 2. The predicted molar refractivity (Wildman–Crippen MR) is 88.0 cm³/mol. The number of carbonyl (C=O) groups is 1. The molecule has 25 heavy (non-hydrogen) atoms. The summed E-state index contributed by atoms with van der Waals surface area (Å²) >= 11 is 0. The van der Waals surface area contributed by atoms with Crippen molar-refractivity contribution in [2.24, 2.45) is 5.92 Å². The normalized spacial score (nSPS) is 36.8. The van der Waals surface area contributed by atoms with Crippen molar-refractivity contribution in [3.8, 4) is 0 Å². The van der Waals surface area contributed by atoms with Gasteiger partial charge in [-0.05, 0) is 51.2 Å². The van der Waals surface area contributed by atoms with Gasteiger partial charge in [-0.15, -0.1) is 0 Å². The molecule has 0 bridgehead atoms. The molecule has 0 aromatic carbocycles. The molecule has 1 aliphatic heterocycles. The third kappa shape index (κ3) is 2.43. The van der Waals surface area contributed by atoms with Crippen LogP contribution in [0.3, 0.4) is 0 Å². The smallest absolute Gasteiger partial charge is 0.337 e. The van der Waals surface area contributed by atoms with E-state index in [-0.39, 0.29) is 16.4 Å². The highest BCUT2D eigenvalue weighted by atomic mass is 32.2. The lowest BCUT2D eigenvalue weighted by Crippen LogP contribution is -2.54. The Hall–Kier alpha value is -1.77. The van der Waals surface area contributed by atoms with Crippen LogP contribution in [0.25, 0.3) is 0 Å². The summed E-state index contributed by atoms with van der Waals surface area (Å²) in [5.41, 5.74) is -1.36. The van der Waals surface area contributed by atoms with Gasteiger partial charge in [0.15, 0.2) is 0 Å². The Morgan fingerprint density at radius 1 is 1.36 bits per heavy atom. The summed E-state index contributed by atoms with van der Waals surface area (Å²) in [6.07, 6.45) is 4.00. The van der Waals surface area contributed by atoms with Gasteiger partial charge in [-0.2, -0.15) is 0 Å². The highest BCUT2D eigenvalue weighted by Gasteiger charge is 2.64. The molecule has 1 aromatic rings. The van der Waals surface area contributed by atoms with Gasteiger partial charge in [-0.3, -0.25) is 4.98 Å². The third-order valence-corrected chi connectivity index (χ3v) is 7.08. The summed E-state index contributed by atoms with van der Waals surface area (Å²) in [4.78, 5) is 16.2. The maximum atomic E-state index is 12.7. The van der Waals surface area contributed by atoms with Crippen molar-refractivity contribution in [2.45, 2.75) is 55.2 Å². The van der Waals surface area contributed by atoms with Crippen molar-refractivity contribution in [1.82, 2.24) is 9.71 Å². The number of ether oxygens (including phenoxy) is 1. The van der Waals surface area contributed by atoms with Crippen LogP contribution in [-0.2, 0) is 19.6 Å². The minimum absolute atomic E-state index is 0.0665. The SMILES string of the molecule is Cc1ccc(S(=O)(=O)N[C@@]2(C)C=C3C(=O)O[C@@H]4CC[C@H](C2)[C@]34O)cn1. The van der Waals surface area contributed by atoms with Crippen LogP contribution in [0.4, 0.5) is 0 Å². The summed E-state index contributed by atoms with van der Waals surface area (Å²) in [5.74, 6) is -0.771. The Morgan fingerprint density at radius 2 is 2.12 bits per heavy atom. The van der Waals surface area contributed by atoms with Crippen LogP contribution in [0, 0.1) is 12.8 Å². The summed E-state index contributed by atoms with van der Waals surface area (Å²) in [6.45, 7) is 3.50. The number of pyridine rings is 1. The van der Waals surface area contributed by atoms with Crippen molar-refractivity contribution >= 4 is 16.0 Å². The maximum Gasteiger partial charge on any atom is 0.337 e. The van der Waals surface area contributed by atoms with Gasteiger partial charge < -0.3 is 9.84 Å². The Balaban J connectivity index is 1.70. The van der Waals surface area contributed by atoms with E-state index < -0.39 is 33.2 Å². The Labute approximate surface area is 146 Å². The van der Waals surface area contributed by atoms with Gasteiger partial charge in [-0.1, -0.05) is 6.08 Å². The molecule has 4 atom stereocenters. The molecule has 0 radical (unpaired) electrons. The fraction of sp³-hybridized carbons (Fsp3) is 0.529. The lowest BCUT2D eigenvalue weighted by Gasteiger charge is -2.40. The molecule has 0 unspecified atom stereocenters. The lowest BCUT2D eigenvalue weighted by atomic mass is 9.71. The van der Waals surface area contributed by atoms with E-state index in [1.54, 1.807) is 19.9 Å². The molecule has 0 spiro atoms. The topological polar surface area (TPSA) is 106 Å². The van der Waals surface area contributed by atoms with Crippen LogP contribution in [0.15, 0.2) is 34.9 Å². The summed E-state index contributed by atoms with van der Waals surface area (Å²) in [5, 5.41) is 11.0. The number of nitrogens with one attached hydrogen (secondary N) is 1. The fourth-order valence-electron chi connectivity index (χ4n) is 4.33. The number of nitrogens with zero attached hydrogens (tertiary/aromatic N) is 1. The molecule has 0 amide bonds. The number of aromatic nitrogens is 1. The fourth-order valence-corrected chi connectivity index (χ4v) is 5.64. The van der Waals surface area contributed by atoms with Crippen molar-refractivity contribution in [1.29, 1.82) is 0 Å². The molecular formula is C17H20N2O5S. The molecule has 7 nitrogen and oxygen atoms in total. The van der Waals surface area contributed by atoms with E-state index in [0.717, 1.165) is 5.69 Å². The second-order valence-corrected chi connectivity index (χ2v) is 9.10. The minimum Gasteiger partial charge on any atom is -0.455 e. The van der Waals surface area contributed by atoms with Gasteiger partial charge >= 0.3 is 5.97 Å². The molecule has 2 N–H and O–H groups in total. The average Bonchev–Trinajstić information content (AvgIpc) is 2.95. The van der Waals surface area contributed by atoms with E-state index in [0.29, 0.717) is 19.3 Å². The summed E-state index contributed by atoms with van der Waals surface area (Å²) in [6, 6.07) is 3.13. The number of aryl methyl sites for hydroxylation is 1. The first-order valence-corrected chi connectivity index (χ1v) is 9.76. The van der Waals surface area contributed by atoms with Gasteiger partial charge in [-0.25, -0.2) is 17.9 Å². The average molecular weight is 364 g/mol. The van der Waals surface area contributed by atoms with Crippen molar-refractivity contribution in [2.75, 3.05) is 0 Å². The van der Waals surface area contributed by atoms with Gasteiger partial charge in [0, 0.05) is 17.4 Å². The van der Waals surface area contributed by atoms with E-state index in [1.807, 2.05) is 0 Å². The van der Waals surface area contributed by atoms with E-state index >= 15 is 0 Å². The van der Waals surface area contributed by atoms with Crippen LogP contribution < -0.4 is 4.72 Å². The first kappa shape index (κ1) is 16.7. The van der Waals surface area contributed by atoms with Crippen molar-refractivity contribution < 1.29 is 23.1 Å². The number of esters is 1. The second kappa shape index (κ2) is 5.12. The van der Waals surface area contributed by atoms with Gasteiger partial charge in [0.2, 0.25) is 10.0 Å². The first-order chi connectivity index (χ1) is 11.6. The molecule has 1 aromatic heterocycles. The molecule has 2 aliphatic carbocycles. The largest absolute Gasteiger partial charge is 0.455 e. The molecule has 2 fully saturated rings. The Bertz CT molecular complexity index is 879. The van der Waals surface area contributed by atoms with E-state index in [2.05, 4.69) is 9.71 Å². The van der Waals surface area contributed by atoms with Gasteiger partial charge in [0.05, 0.1) is 5.57 Å². The van der Waals surface area contributed by atoms with Crippen LogP contribution >= 0.6 is 0 Å². The Kier molecular flexibility index (Phi) is 3.42. The van der Waals surface area contributed by atoms with Crippen LogP contribution in [0.5, 0.6) is 0 Å². The number of sulfonamides is 1. The third-order valence-electron chi connectivity index (χ3n) is 5.49. The maximum absolute atomic E-state index is 12.7. The van der Waals surface area contributed by atoms with Crippen molar-refractivity contribution in [3.05, 3.63) is 35.7 Å². The predicted octanol–water partition coefficient (Wildman–Crippen LogP) is 0.824. The molecule has 1 saturated heterocycles. The van der Waals surface area contributed by atoms with Crippen LogP contribution in [0.2, 0.25) is 0 Å². The minimum atomic E-state index is -3.81. The number of hydrogen-bond acceptors (Lipinski definition) is 6. The van der Waals surface area contributed by atoms with Crippen LogP contribution in [0.1, 0.15) is 31.9 Å². The number of carbonyl (C=O) groups excluding carboxylic acids is 1. The molecule has 4 rings (SSSR count). The Morgan fingerprint density at radius 3 is 2.80 bits per heavy atom. The molecule has 1 saturated carbocycles. The van der Waals surface area contributed by atoms with Gasteiger partial charge in [0.1, 0.15) is 16.6 Å². The summed E-state index contributed by atoms with van der Waals surface area (Å²) < 4.78 is 33.4. The molecule has 2 heterocycles. The summed E-state index contributed by atoms with van der Waals surface area (Å²) in [7, 11) is -3.81. The van der Waals surface area contributed by atoms with Gasteiger partial charge in [0.25, 0.3) is 0 Å². The molecule has 8 heteroatoms. The quantitative estimate of drug-likeness (QED) is 0.770. The first-order valence-electron chi connectivity index (χ1n) is 8.27. The number of aliphatic hydroxyl groups is 1. The zero-order valence-corrected chi connectivity index (χ0v) is 14.8. The van der Waals surface area contributed by atoms with Crippen LogP contribution in [-0.4, -0.2) is 41.7 Å². The zero-order valence-electron chi connectivity index (χ0n) is 14.0. The molecular weight excluding hydrogens is 344 g/mol. The highest BCUT2D eigenvalue weighted by Crippen LogP contribution is 2.53. The van der Waals surface area contributed by atoms with Crippen molar-refractivity contribution in [3.63, 3.8) is 0 Å². The van der Waals surface area contributed by atoms with E-state index in [1.165, 1.54) is 18.3 Å². The van der Waals surface area contributed by atoms with E-state index in [4.69, 9.17) is 4.74 Å². The monoisotopic (exact) mass is 364 g/mol. The second-order valence-electron chi connectivity index (χ2n) is 7.41. The molecule has 134 valence electrons. The van der Waals surface area contributed by atoms with E-state index in [9.17, 15) is 18.3 Å².